The second-order valence-electron chi connectivity index (χ2n) is 4.19. The first-order chi connectivity index (χ1) is 9.99. The Hall–Kier alpha value is -1.65. The zero-order valence-corrected chi connectivity index (χ0v) is 12.8. The number of terminal acetylenes is 1. The van der Waals surface area contributed by atoms with Gasteiger partial charge in [0.1, 0.15) is 12.9 Å². The number of methoxy groups -OCH3 is 1. The van der Waals surface area contributed by atoms with Gasteiger partial charge in [0, 0.05) is 7.11 Å². The molecule has 0 unspecified atom stereocenters. The first-order valence-corrected chi connectivity index (χ1v) is 7.60. The molecule has 0 spiro atoms. The fourth-order valence-corrected chi connectivity index (χ4v) is 2.33. The maximum Gasteiger partial charge on any atom is 0.297 e. The summed E-state index contributed by atoms with van der Waals surface area (Å²) in [7, 11) is -2.36. The van der Waals surface area contributed by atoms with E-state index in [1.165, 1.54) is 31.4 Å². The van der Waals surface area contributed by atoms with Crippen molar-refractivity contribution in [2.75, 3.05) is 20.5 Å². The highest BCUT2D eigenvalue weighted by molar-refractivity contribution is 7.86. The minimum atomic E-state index is -3.83. The maximum absolute atomic E-state index is 12.0. The number of benzene rings is 1. The van der Waals surface area contributed by atoms with Crippen LogP contribution in [0.2, 0.25) is 0 Å². The Morgan fingerprint density at radius 3 is 2.57 bits per heavy atom. The van der Waals surface area contributed by atoms with Crippen LogP contribution in [0.5, 0.6) is 0 Å². The summed E-state index contributed by atoms with van der Waals surface area (Å²) in [6.45, 7) is 1.70. The minimum absolute atomic E-state index is 0.00746. The quantitative estimate of drug-likeness (QED) is 0.417. The summed E-state index contributed by atoms with van der Waals surface area (Å²) in [5, 5.41) is 0. The van der Waals surface area contributed by atoms with Crippen molar-refractivity contribution in [3.8, 4) is 12.3 Å². The van der Waals surface area contributed by atoms with Crippen molar-refractivity contribution in [3.63, 3.8) is 0 Å². The van der Waals surface area contributed by atoms with Gasteiger partial charge in [0.2, 0.25) is 0 Å². The van der Waals surface area contributed by atoms with Crippen molar-refractivity contribution in [1.82, 2.24) is 0 Å². The standard InChI is InChI=1S/C15H18O5S/c1-4-5-6-14(19-12-18-3)11-20-21(16,17)15-9-7-13(2)8-10-15/h1,5-10,14H,11-12H2,2-3H3/b6-5+/t14-/m1/s1. The zero-order chi connectivity index (χ0) is 15.7. The molecule has 0 saturated heterocycles. The first kappa shape index (κ1) is 17.4. The van der Waals surface area contributed by atoms with Crippen LogP contribution in [0.15, 0.2) is 41.3 Å². The van der Waals surface area contributed by atoms with Crippen LogP contribution in [0.1, 0.15) is 5.56 Å². The van der Waals surface area contributed by atoms with Crippen LogP contribution in [-0.4, -0.2) is 35.0 Å². The minimum Gasteiger partial charge on any atom is -0.359 e. The van der Waals surface area contributed by atoms with Gasteiger partial charge in [-0.2, -0.15) is 8.42 Å². The topological polar surface area (TPSA) is 61.8 Å². The number of hydrogen-bond donors (Lipinski definition) is 0. The van der Waals surface area contributed by atoms with Crippen molar-refractivity contribution in [2.45, 2.75) is 17.9 Å². The molecule has 0 fully saturated rings. The fourth-order valence-electron chi connectivity index (χ4n) is 1.41. The third kappa shape index (κ3) is 6.10. The van der Waals surface area contributed by atoms with Crippen LogP contribution in [0.25, 0.3) is 0 Å². The molecule has 1 aromatic rings. The number of aryl methyl sites for hydroxylation is 1. The summed E-state index contributed by atoms with van der Waals surface area (Å²) in [5.74, 6) is 2.30. The summed E-state index contributed by atoms with van der Waals surface area (Å²) in [5.41, 5.74) is 0.965. The molecule has 0 bridgehead atoms. The van der Waals surface area contributed by atoms with Crippen LogP contribution < -0.4 is 0 Å². The molecule has 0 radical (unpaired) electrons. The zero-order valence-electron chi connectivity index (χ0n) is 12.0. The van der Waals surface area contributed by atoms with Gasteiger partial charge in [-0.25, -0.2) is 0 Å². The molecular formula is C15H18O5S. The Morgan fingerprint density at radius 2 is 2.00 bits per heavy atom. The van der Waals surface area contributed by atoms with E-state index in [-0.39, 0.29) is 18.3 Å². The van der Waals surface area contributed by atoms with E-state index in [2.05, 4.69) is 5.92 Å². The van der Waals surface area contributed by atoms with Gasteiger partial charge < -0.3 is 9.47 Å². The molecule has 21 heavy (non-hydrogen) atoms. The lowest BCUT2D eigenvalue weighted by Gasteiger charge is -2.13. The van der Waals surface area contributed by atoms with Gasteiger partial charge in [-0.05, 0) is 31.2 Å². The van der Waals surface area contributed by atoms with Gasteiger partial charge in [-0.3, -0.25) is 4.18 Å². The highest BCUT2D eigenvalue weighted by Crippen LogP contribution is 2.14. The normalized spacial score (nSPS) is 13.2. The Labute approximate surface area is 125 Å². The SMILES string of the molecule is C#C/C=C/[C@H](COS(=O)(=O)c1ccc(C)cc1)OCOC. The molecule has 1 rings (SSSR count). The molecule has 0 aliphatic carbocycles. The van der Waals surface area contributed by atoms with Crippen LogP contribution in [0.4, 0.5) is 0 Å². The molecule has 0 saturated carbocycles. The summed E-state index contributed by atoms with van der Waals surface area (Å²) < 4.78 is 39.0. The lowest BCUT2D eigenvalue weighted by molar-refractivity contribution is -0.0659. The maximum atomic E-state index is 12.0. The molecule has 114 valence electrons. The predicted molar refractivity (Wildman–Crippen MR) is 79.0 cm³/mol. The molecule has 0 aliphatic rings. The summed E-state index contributed by atoms with van der Waals surface area (Å²) in [6.07, 6.45) is 7.45. The van der Waals surface area contributed by atoms with Crippen molar-refractivity contribution in [1.29, 1.82) is 0 Å². The van der Waals surface area contributed by atoms with E-state index in [4.69, 9.17) is 20.1 Å². The Bertz CT molecular complexity index is 596. The molecule has 0 amide bonds. The van der Waals surface area contributed by atoms with Gasteiger partial charge >= 0.3 is 0 Å². The molecule has 0 aromatic heterocycles. The molecule has 0 aliphatic heterocycles. The Kier molecular flexibility index (Phi) is 7.12. The lowest BCUT2D eigenvalue weighted by Crippen LogP contribution is -2.21. The molecule has 0 N–H and O–H groups in total. The van der Waals surface area contributed by atoms with Gasteiger partial charge in [0.15, 0.2) is 0 Å². The summed E-state index contributed by atoms with van der Waals surface area (Å²) >= 11 is 0. The average molecular weight is 310 g/mol. The van der Waals surface area contributed by atoms with Crippen LogP contribution in [0.3, 0.4) is 0 Å². The largest absolute Gasteiger partial charge is 0.359 e. The molecule has 5 nitrogen and oxygen atoms in total. The van der Waals surface area contributed by atoms with Crippen LogP contribution in [0, 0.1) is 19.3 Å². The van der Waals surface area contributed by atoms with Crippen LogP contribution >= 0.6 is 0 Å². The van der Waals surface area contributed by atoms with Crippen molar-refractivity contribution < 1.29 is 22.1 Å². The Balaban J connectivity index is 2.71. The molecule has 0 heterocycles. The average Bonchev–Trinajstić information content (AvgIpc) is 2.47. The van der Waals surface area contributed by atoms with Crippen LogP contribution in [-0.2, 0) is 23.8 Å². The van der Waals surface area contributed by atoms with Crippen molar-refractivity contribution in [2.24, 2.45) is 0 Å². The van der Waals surface area contributed by atoms with Gasteiger partial charge in [-0.15, -0.1) is 6.42 Å². The molecule has 6 heteroatoms. The number of hydrogen-bond acceptors (Lipinski definition) is 5. The van der Waals surface area contributed by atoms with E-state index in [1.807, 2.05) is 6.92 Å². The number of allylic oxidation sites excluding steroid dienone is 1. The predicted octanol–water partition coefficient (Wildman–Crippen LogP) is 1.88. The monoisotopic (exact) mass is 310 g/mol. The third-order valence-electron chi connectivity index (χ3n) is 2.50. The summed E-state index contributed by atoms with van der Waals surface area (Å²) in [4.78, 5) is 0.0968. The van der Waals surface area contributed by atoms with E-state index in [9.17, 15) is 8.42 Å². The second kappa shape index (κ2) is 8.60. The van der Waals surface area contributed by atoms with Crippen molar-refractivity contribution in [3.05, 3.63) is 42.0 Å². The lowest BCUT2D eigenvalue weighted by atomic mass is 10.2. The fraction of sp³-hybridized carbons (Fsp3) is 0.333. The third-order valence-corrected chi connectivity index (χ3v) is 3.80. The number of rotatable bonds is 8. The smallest absolute Gasteiger partial charge is 0.297 e. The molecule has 1 aromatic carbocycles. The second-order valence-corrected chi connectivity index (χ2v) is 5.80. The Morgan fingerprint density at radius 1 is 1.33 bits per heavy atom. The first-order valence-electron chi connectivity index (χ1n) is 6.19. The summed E-state index contributed by atoms with van der Waals surface area (Å²) in [6, 6.07) is 6.39. The van der Waals surface area contributed by atoms with Gasteiger partial charge in [0.25, 0.3) is 10.1 Å². The highest BCUT2D eigenvalue weighted by atomic mass is 32.2. The number of ether oxygens (including phenoxy) is 2. The van der Waals surface area contributed by atoms with E-state index < -0.39 is 16.2 Å². The van der Waals surface area contributed by atoms with Gasteiger partial charge in [-0.1, -0.05) is 23.6 Å². The van der Waals surface area contributed by atoms with E-state index >= 15 is 0 Å². The van der Waals surface area contributed by atoms with E-state index in [0.29, 0.717) is 0 Å². The van der Waals surface area contributed by atoms with Crippen molar-refractivity contribution >= 4 is 10.1 Å². The van der Waals surface area contributed by atoms with E-state index in [1.54, 1.807) is 12.1 Å². The molecular weight excluding hydrogens is 292 g/mol. The van der Waals surface area contributed by atoms with Gasteiger partial charge in [0.05, 0.1) is 11.5 Å². The molecule has 1 atom stereocenters. The highest BCUT2D eigenvalue weighted by Gasteiger charge is 2.17. The van der Waals surface area contributed by atoms with E-state index in [0.717, 1.165) is 5.56 Å².